The molecule has 0 amide bonds. The number of rotatable bonds is 4. The molecular weight excluding hydrogens is 174 g/mol. The number of nitrogens with zero attached hydrogens (tertiary/aromatic N) is 1. The Morgan fingerprint density at radius 1 is 1.07 bits per heavy atom. The van der Waals surface area contributed by atoms with E-state index in [1.54, 1.807) is 0 Å². The molecule has 0 aromatic heterocycles. The van der Waals surface area contributed by atoms with Crippen LogP contribution in [0.15, 0.2) is 0 Å². The van der Waals surface area contributed by atoms with Crippen molar-refractivity contribution >= 4 is 0 Å². The summed E-state index contributed by atoms with van der Waals surface area (Å²) in [5.41, 5.74) is 0.142. The molecule has 0 aromatic rings. The fourth-order valence-electron chi connectivity index (χ4n) is 2.50. The van der Waals surface area contributed by atoms with Crippen LogP contribution in [0.25, 0.3) is 0 Å². The van der Waals surface area contributed by atoms with Crippen molar-refractivity contribution < 1.29 is 5.11 Å². The molecule has 14 heavy (non-hydrogen) atoms. The van der Waals surface area contributed by atoms with E-state index in [0.717, 1.165) is 13.1 Å². The zero-order valence-corrected chi connectivity index (χ0v) is 10.3. The van der Waals surface area contributed by atoms with Crippen LogP contribution >= 0.6 is 0 Å². The van der Waals surface area contributed by atoms with Gasteiger partial charge in [-0.25, -0.2) is 0 Å². The Balaban J connectivity index is 0.000000791. The number of aliphatic hydroxyl groups is 1. The van der Waals surface area contributed by atoms with E-state index in [1.165, 1.54) is 25.7 Å². The monoisotopic (exact) mass is 201 g/mol. The Hall–Kier alpha value is -0.0800. The summed E-state index contributed by atoms with van der Waals surface area (Å²) in [6.45, 7) is 10.8. The van der Waals surface area contributed by atoms with Crippen molar-refractivity contribution in [3.63, 3.8) is 0 Å². The maximum atomic E-state index is 9.41. The van der Waals surface area contributed by atoms with E-state index >= 15 is 0 Å². The van der Waals surface area contributed by atoms with Gasteiger partial charge >= 0.3 is 0 Å². The minimum atomic E-state index is 0.142. The summed E-state index contributed by atoms with van der Waals surface area (Å²) in [7, 11) is 0. The van der Waals surface area contributed by atoms with Crippen molar-refractivity contribution in [3.8, 4) is 0 Å². The lowest BCUT2D eigenvalue weighted by Crippen LogP contribution is -2.49. The van der Waals surface area contributed by atoms with E-state index in [1.807, 2.05) is 13.8 Å². The highest BCUT2D eigenvalue weighted by Crippen LogP contribution is 2.34. The van der Waals surface area contributed by atoms with Gasteiger partial charge < -0.3 is 5.11 Å². The Morgan fingerprint density at radius 3 is 1.79 bits per heavy atom. The molecular formula is C12H27NO. The first kappa shape index (κ1) is 13.9. The highest BCUT2D eigenvalue weighted by Gasteiger charge is 2.37. The molecule has 0 heterocycles. The van der Waals surface area contributed by atoms with Crippen LogP contribution in [0.3, 0.4) is 0 Å². The van der Waals surface area contributed by atoms with Crippen molar-refractivity contribution in [3.05, 3.63) is 0 Å². The van der Waals surface area contributed by atoms with E-state index in [2.05, 4.69) is 18.7 Å². The van der Waals surface area contributed by atoms with Gasteiger partial charge in [0.2, 0.25) is 0 Å². The van der Waals surface area contributed by atoms with Crippen LogP contribution in [0.5, 0.6) is 0 Å². The number of hydrogen-bond donors (Lipinski definition) is 1. The highest BCUT2D eigenvalue weighted by atomic mass is 16.3. The largest absolute Gasteiger partial charge is 0.394 e. The molecule has 0 spiro atoms. The lowest BCUT2D eigenvalue weighted by molar-refractivity contribution is 0.0416. The minimum Gasteiger partial charge on any atom is -0.394 e. The second kappa shape index (κ2) is 7.24. The summed E-state index contributed by atoms with van der Waals surface area (Å²) < 4.78 is 0. The summed E-state index contributed by atoms with van der Waals surface area (Å²) in [5.74, 6) is 0. The summed E-state index contributed by atoms with van der Waals surface area (Å²) in [6, 6.07) is 0. The molecule has 1 rings (SSSR count). The fourth-order valence-corrected chi connectivity index (χ4v) is 2.50. The van der Waals surface area contributed by atoms with E-state index in [0.29, 0.717) is 6.61 Å². The molecule has 1 fully saturated rings. The van der Waals surface area contributed by atoms with Crippen molar-refractivity contribution in [2.75, 3.05) is 19.7 Å². The molecule has 2 heteroatoms. The van der Waals surface area contributed by atoms with Crippen molar-refractivity contribution in [2.24, 2.45) is 0 Å². The van der Waals surface area contributed by atoms with Gasteiger partial charge in [-0.05, 0) is 25.9 Å². The second-order valence-corrected chi connectivity index (χ2v) is 3.76. The first-order valence-corrected chi connectivity index (χ1v) is 6.15. The number of aliphatic hydroxyl groups excluding tert-OH is 1. The topological polar surface area (TPSA) is 23.5 Å². The zero-order chi connectivity index (χ0) is 11.0. The smallest absolute Gasteiger partial charge is 0.0615 e. The average Bonchev–Trinajstić information content (AvgIpc) is 2.73. The van der Waals surface area contributed by atoms with Gasteiger partial charge in [-0.1, -0.05) is 40.5 Å². The first-order valence-electron chi connectivity index (χ1n) is 6.15. The molecule has 2 nitrogen and oxygen atoms in total. The number of hydrogen-bond acceptors (Lipinski definition) is 2. The molecule has 0 aromatic carbocycles. The van der Waals surface area contributed by atoms with Crippen LogP contribution < -0.4 is 0 Å². The molecule has 0 atom stereocenters. The molecule has 1 saturated carbocycles. The van der Waals surface area contributed by atoms with E-state index < -0.39 is 0 Å². The van der Waals surface area contributed by atoms with E-state index in [-0.39, 0.29) is 5.54 Å². The summed E-state index contributed by atoms with van der Waals surface area (Å²) in [5, 5.41) is 9.41. The SMILES string of the molecule is CC.CCN(CC)C1(CO)CCCC1. The van der Waals surface area contributed by atoms with Crippen LogP contribution in [0.2, 0.25) is 0 Å². The predicted octanol–water partition coefficient (Wildman–Crippen LogP) is 2.66. The summed E-state index contributed by atoms with van der Waals surface area (Å²) >= 11 is 0. The van der Waals surface area contributed by atoms with Gasteiger partial charge in [-0.2, -0.15) is 0 Å². The molecule has 1 aliphatic rings. The fraction of sp³-hybridized carbons (Fsp3) is 1.00. The Kier molecular flexibility index (Phi) is 7.20. The van der Waals surface area contributed by atoms with Crippen molar-refractivity contribution in [2.45, 2.75) is 58.9 Å². The Bertz CT molecular complexity index is 126. The van der Waals surface area contributed by atoms with Crippen LogP contribution in [0, 0.1) is 0 Å². The number of likely N-dealkylation sites (N-methyl/N-ethyl adjacent to an activating group) is 1. The van der Waals surface area contributed by atoms with Gasteiger partial charge in [-0.15, -0.1) is 0 Å². The van der Waals surface area contributed by atoms with Gasteiger partial charge in [-0.3, -0.25) is 4.90 Å². The maximum Gasteiger partial charge on any atom is 0.0615 e. The lowest BCUT2D eigenvalue weighted by atomic mass is 9.96. The maximum absolute atomic E-state index is 9.41. The lowest BCUT2D eigenvalue weighted by Gasteiger charge is -2.38. The van der Waals surface area contributed by atoms with Crippen LogP contribution in [0.1, 0.15) is 53.4 Å². The molecule has 86 valence electrons. The molecule has 0 radical (unpaired) electrons. The minimum absolute atomic E-state index is 0.142. The van der Waals surface area contributed by atoms with Gasteiger partial charge in [0.25, 0.3) is 0 Å². The molecule has 0 unspecified atom stereocenters. The first-order chi connectivity index (χ1) is 6.79. The molecule has 0 saturated heterocycles. The molecule has 1 aliphatic carbocycles. The predicted molar refractivity (Wildman–Crippen MR) is 62.6 cm³/mol. The highest BCUT2D eigenvalue weighted by molar-refractivity contribution is 4.93. The van der Waals surface area contributed by atoms with Crippen LogP contribution in [0.4, 0.5) is 0 Å². The molecule has 1 N–H and O–H groups in total. The standard InChI is InChI=1S/C10H21NO.C2H6/c1-3-11(4-2)10(9-12)7-5-6-8-10;1-2/h12H,3-9H2,1-2H3;1-2H3. The third-order valence-corrected chi connectivity index (χ3v) is 3.26. The Morgan fingerprint density at radius 2 is 1.50 bits per heavy atom. The van der Waals surface area contributed by atoms with Gasteiger partial charge in [0.15, 0.2) is 0 Å². The quantitative estimate of drug-likeness (QED) is 0.756. The van der Waals surface area contributed by atoms with Gasteiger partial charge in [0, 0.05) is 5.54 Å². The van der Waals surface area contributed by atoms with Crippen molar-refractivity contribution in [1.82, 2.24) is 4.90 Å². The van der Waals surface area contributed by atoms with E-state index in [9.17, 15) is 5.11 Å². The van der Waals surface area contributed by atoms with Crippen LogP contribution in [-0.2, 0) is 0 Å². The second-order valence-electron chi connectivity index (χ2n) is 3.76. The molecule has 0 bridgehead atoms. The van der Waals surface area contributed by atoms with E-state index in [4.69, 9.17) is 0 Å². The normalized spacial score (nSPS) is 19.3. The molecule has 0 aliphatic heterocycles. The van der Waals surface area contributed by atoms with Crippen LogP contribution in [-0.4, -0.2) is 35.2 Å². The van der Waals surface area contributed by atoms with Crippen molar-refractivity contribution in [1.29, 1.82) is 0 Å². The van der Waals surface area contributed by atoms with Gasteiger partial charge in [0.1, 0.15) is 0 Å². The third-order valence-electron chi connectivity index (χ3n) is 3.26. The third kappa shape index (κ3) is 2.96. The zero-order valence-electron chi connectivity index (χ0n) is 10.3. The summed E-state index contributed by atoms with van der Waals surface area (Å²) in [4.78, 5) is 2.42. The summed E-state index contributed by atoms with van der Waals surface area (Å²) in [6.07, 6.45) is 4.95. The van der Waals surface area contributed by atoms with Gasteiger partial charge in [0.05, 0.1) is 6.61 Å². The Labute approximate surface area is 89.3 Å². The average molecular weight is 201 g/mol.